The fraction of sp³-hybridized carbons (Fsp3) is 0.720. The average Bonchev–Trinajstić information content (AvgIpc) is 2.71. The Morgan fingerprint density at radius 3 is 1.66 bits per heavy atom. The maximum Gasteiger partial charge on any atom is 0.166 e. The standard InChI is InChI=1S/C25H44N2O.ClH/c1-2-3-4-5-6-7-8-9-10-11-12-13-17-20-23(26)25(28)24(27)21-22-18-15-14-16-19-22;/h14-16,18-19,23-24H,2-13,17,20-21,26-27H2,1H3;1H/t23?,24-;/m0./s1. The van der Waals surface area contributed by atoms with Crippen LogP contribution < -0.4 is 11.5 Å². The number of carbonyl (C=O) groups excluding carboxylic acids is 1. The predicted octanol–water partition coefficient (Wildman–Crippen LogP) is 6.36. The van der Waals surface area contributed by atoms with Crippen LogP contribution in [0.1, 0.15) is 102 Å². The van der Waals surface area contributed by atoms with Gasteiger partial charge in [0.2, 0.25) is 0 Å². The summed E-state index contributed by atoms with van der Waals surface area (Å²) in [5.74, 6) is 0.00258. The summed E-state index contributed by atoms with van der Waals surface area (Å²) in [7, 11) is 0. The van der Waals surface area contributed by atoms with E-state index < -0.39 is 12.1 Å². The molecule has 0 saturated carbocycles. The monoisotopic (exact) mass is 424 g/mol. The first kappa shape index (κ1) is 28.1. The molecule has 4 N–H and O–H groups in total. The summed E-state index contributed by atoms with van der Waals surface area (Å²) in [6.07, 6.45) is 18.6. The number of ketones is 1. The normalized spacial score (nSPS) is 12.9. The lowest BCUT2D eigenvalue weighted by Crippen LogP contribution is -2.44. The SMILES string of the molecule is CCCCCCCCCCCCCCCC(N)C(=O)[C@@H](N)Cc1ccccc1.Cl. The van der Waals surface area contributed by atoms with Crippen molar-refractivity contribution in [3.05, 3.63) is 35.9 Å². The van der Waals surface area contributed by atoms with Crippen molar-refractivity contribution in [2.24, 2.45) is 11.5 Å². The van der Waals surface area contributed by atoms with E-state index in [1.165, 1.54) is 77.0 Å². The molecule has 1 aromatic carbocycles. The Morgan fingerprint density at radius 2 is 1.17 bits per heavy atom. The van der Waals surface area contributed by atoms with Crippen LogP contribution in [0.2, 0.25) is 0 Å². The Kier molecular flexibility index (Phi) is 18.5. The van der Waals surface area contributed by atoms with Crippen LogP contribution in [0.5, 0.6) is 0 Å². The van der Waals surface area contributed by atoms with Gasteiger partial charge in [0.1, 0.15) is 0 Å². The van der Waals surface area contributed by atoms with Gasteiger partial charge in [-0.3, -0.25) is 4.79 Å². The van der Waals surface area contributed by atoms with E-state index in [0.717, 1.165) is 18.4 Å². The van der Waals surface area contributed by atoms with Crippen molar-refractivity contribution < 1.29 is 4.79 Å². The molecule has 0 saturated heterocycles. The summed E-state index contributed by atoms with van der Waals surface area (Å²) in [4.78, 5) is 12.3. The fourth-order valence-corrected chi connectivity index (χ4v) is 3.77. The topological polar surface area (TPSA) is 69.1 Å². The zero-order valence-electron chi connectivity index (χ0n) is 18.6. The molecule has 0 aromatic heterocycles. The number of Topliss-reactive ketones (excluding diaryl/α,β-unsaturated/α-hetero) is 1. The number of carbonyl (C=O) groups is 1. The van der Waals surface area contributed by atoms with E-state index in [1.54, 1.807) is 0 Å². The van der Waals surface area contributed by atoms with Crippen LogP contribution in [0.4, 0.5) is 0 Å². The number of hydrogen-bond donors (Lipinski definition) is 2. The third-order valence-electron chi connectivity index (χ3n) is 5.65. The van der Waals surface area contributed by atoms with Crippen LogP contribution in [0, 0.1) is 0 Å². The highest BCUT2D eigenvalue weighted by molar-refractivity contribution is 5.88. The first-order valence-electron chi connectivity index (χ1n) is 11.7. The fourth-order valence-electron chi connectivity index (χ4n) is 3.77. The molecule has 4 heteroatoms. The summed E-state index contributed by atoms with van der Waals surface area (Å²) in [5, 5.41) is 0. The van der Waals surface area contributed by atoms with E-state index in [1.807, 2.05) is 30.3 Å². The average molecular weight is 425 g/mol. The van der Waals surface area contributed by atoms with Crippen LogP contribution in [0.25, 0.3) is 0 Å². The molecule has 29 heavy (non-hydrogen) atoms. The molecular formula is C25H45ClN2O. The highest BCUT2D eigenvalue weighted by atomic mass is 35.5. The summed E-state index contributed by atoms with van der Waals surface area (Å²) in [6.45, 7) is 2.27. The van der Waals surface area contributed by atoms with E-state index in [4.69, 9.17) is 11.5 Å². The van der Waals surface area contributed by atoms with Gasteiger partial charge in [-0.1, -0.05) is 121 Å². The van der Waals surface area contributed by atoms with Crippen molar-refractivity contribution in [1.82, 2.24) is 0 Å². The quantitative estimate of drug-likeness (QED) is 0.269. The number of benzene rings is 1. The molecule has 1 aromatic rings. The van der Waals surface area contributed by atoms with Gasteiger partial charge in [-0.2, -0.15) is 0 Å². The molecule has 0 aliphatic rings. The molecule has 0 amide bonds. The highest BCUT2D eigenvalue weighted by Gasteiger charge is 2.20. The highest BCUT2D eigenvalue weighted by Crippen LogP contribution is 2.14. The molecule has 0 aliphatic carbocycles. The number of halogens is 1. The molecule has 0 fully saturated rings. The zero-order chi connectivity index (χ0) is 20.5. The maximum atomic E-state index is 12.3. The zero-order valence-corrected chi connectivity index (χ0v) is 19.4. The third-order valence-corrected chi connectivity index (χ3v) is 5.65. The number of unbranched alkanes of at least 4 members (excludes halogenated alkanes) is 12. The maximum absolute atomic E-state index is 12.3. The smallest absolute Gasteiger partial charge is 0.166 e. The first-order valence-corrected chi connectivity index (χ1v) is 11.7. The minimum atomic E-state index is -0.487. The van der Waals surface area contributed by atoms with Gasteiger partial charge in [0, 0.05) is 0 Å². The van der Waals surface area contributed by atoms with E-state index in [9.17, 15) is 4.79 Å². The van der Waals surface area contributed by atoms with Crippen molar-refractivity contribution in [1.29, 1.82) is 0 Å². The van der Waals surface area contributed by atoms with Crippen molar-refractivity contribution in [2.45, 2.75) is 115 Å². The minimum Gasteiger partial charge on any atom is -0.321 e. The van der Waals surface area contributed by atoms with Crippen molar-refractivity contribution in [2.75, 3.05) is 0 Å². The molecule has 0 spiro atoms. The summed E-state index contributed by atoms with van der Waals surface area (Å²) < 4.78 is 0. The number of rotatable bonds is 18. The second-order valence-electron chi connectivity index (χ2n) is 8.34. The molecule has 2 atom stereocenters. The largest absolute Gasteiger partial charge is 0.321 e. The van der Waals surface area contributed by atoms with Crippen molar-refractivity contribution >= 4 is 18.2 Å². The van der Waals surface area contributed by atoms with Gasteiger partial charge < -0.3 is 11.5 Å². The van der Waals surface area contributed by atoms with Crippen molar-refractivity contribution in [3.8, 4) is 0 Å². The molecular weight excluding hydrogens is 380 g/mol. The Labute approximate surface area is 185 Å². The minimum absolute atomic E-state index is 0. The molecule has 0 bridgehead atoms. The number of hydrogen-bond acceptors (Lipinski definition) is 3. The Balaban J connectivity index is 0.00000784. The summed E-state index contributed by atoms with van der Waals surface area (Å²) in [6, 6.07) is 9.03. The number of nitrogens with two attached hydrogens (primary N) is 2. The lowest BCUT2D eigenvalue weighted by Gasteiger charge is -2.16. The van der Waals surface area contributed by atoms with Crippen molar-refractivity contribution in [3.63, 3.8) is 0 Å². The molecule has 0 heterocycles. The Hall–Kier alpha value is -0.900. The van der Waals surface area contributed by atoms with Gasteiger partial charge >= 0.3 is 0 Å². The van der Waals surface area contributed by atoms with Gasteiger partial charge in [0.05, 0.1) is 12.1 Å². The Morgan fingerprint density at radius 1 is 0.724 bits per heavy atom. The second kappa shape index (κ2) is 19.1. The van der Waals surface area contributed by atoms with E-state index >= 15 is 0 Å². The molecule has 0 radical (unpaired) electrons. The molecule has 1 unspecified atom stereocenters. The lowest BCUT2D eigenvalue weighted by atomic mass is 9.95. The first-order chi connectivity index (χ1) is 13.6. The van der Waals surface area contributed by atoms with Crippen LogP contribution in [0.3, 0.4) is 0 Å². The van der Waals surface area contributed by atoms with E-state index in [-0.39, 0.29) is 18.2 Å². The molecule has 3 nitrogen and oxygen atoms in total. The van der Waals surface area contributed by atoms with Crippen LogP contribution in [-0.2, 0) is 11.2 Å². The van der Waals surface area contributed by atoms with E-state index in [2.05, 4.69) is 6.92 Å². The van der Waals surface area contributed by atoms with Gasteiger partial charge in [0.25, 0.3) is 0 Å². The van der Waals surface area contributed by atoms with Gasteiger partial charge in [-0.05, 0) is 18.4 Å². The molecule has 168 valence electrons. The van der Waals surface area contributed by atoms with Gasteiger partial charge in [-0.25, -0.2) is 0 Å². The second-order valence-corrected chi connectivity index (χ2v) is 8.34. The van der Waals surface area contributed by atoms with Crippen LogP contribution >= 0.6 is 12.4 Å². The van der Waals surface area contributed by atoms with Gasteiger partial charge in [-0.15, -0.1) is 12.4 Å². The van der Waals surface area contributed by atoms with E-state index in [0.29, 0.717) is 6.42 Å². The van der Waals surface area contributed by atoms with Gasteiger partial charge in [0.15, 0.2) is 5.78 Å². The Bertz CT molecular complexity index is 495. The molecule has 0 aliphatic heterocycles. The van der Waals surface area contributed by atoms with Crippen LogP contribution in [0.15, 0.2) is 30.3 Å². The summed E-state index contributed by atoms with van der Waals surface area (Å²) in [5.41, 5.74) is 13.2. The molecule has 1 rings (SSSR count). The van der Waals surface area contributed by atoms with Crippen LogP contribution in [-0.4, -0.2) is 17.9 Å². The predicted molar refractivity (Wildman–Crippen MR) is 129 cm³/mol. The summed E-state index contributed by atoms with van der Waals surface area (Å²) >= 11 is 0. The third kappa shape index (κ3) is 14.7. The lowest BCUT2D eigenvalue weighted by molar-refractivity contribution is -0.121.